The summed E-state index contributed by atoms with van der Waals surface area (Å²) < 4.78 is 51.3. The molecule has 0 saturated heterocycles. The van der Waals surface area contributed by atoms with Crippen molar-refractivity contribution in [3.05, 3.63) is 59.0 Å². The van der Waals surface area contributed by atoms with Crippen molar-refractivity contribution in [3.8, 4) is 5.75 Å². The van der Waals surface area contributed by atoms with E-state index in [0.717, 1.165) is 12.1 Å². The molecule has 0 atom stereocenters. The van der Waals surface area contributed by atoms with Gasteiger partial charge in [-0.15, -0.1) is 0 Å². The summed E-state index contributed by atoms with van der Waals surface area (Å²) in [5.41, 5.74) is 0.440. The fourth-order valence-electron chi connectivity index (χ4n) is 2.86. The van der Waals surface area contributed by atoms with Crippen LogP contribution in [0.2, 0.25) is 5.02 Å². The largest absolute Gasteiger partial charge is 0.482 e. The number of ether oxygens (including phenoxy) is 1. The molecule has 0 bridgehead atoms. The van der Waals surface area contributed by atoms with Crippen LogP contribution in [0.4, 0.5) is 15.8 Å². The van der Waals surface area contributed by atoms with Gasteiger partial charge in [0.2, 0.25) is 5.89 Å². The first kappa shape index (κ1) is 20.1. The van der Waals surface area contributed by atoms with Crippen LogP contribution >= 0.6 is 11.6 Å². The number of hydrogen-bond acceptors (Lipinski definition) is 7. The lowest BCUT2D eigenvalue weighted by Gasteiger charge is -2.29. The van der Waals surface area contributed by atoms with E-state index >= 15 is 0 Å². The monoisotopic (exact) mass is 452 g/mol. The van der Waals surface area contributed by atoms with E-state index in [9.17, 15) is 17.6 Å². The standard InChI is InChI=1S/C18H14ClFN4O5S/c1-10-21-17(22-29-10)8-24-14-6-13(19)16(7-15(14)28-9-18(24)25)30(26,27)23-12-4-2-11(20)3-5-12/h2-7,23H,8-9H2,1H3. The van der Waals surface area contributed by atoms with Gasteiger partial charge in [0.25, 0.3) is 15.9 Å². The molecular weight excluding hydrogens is 439 g/mol. The van der Waals surface area contributed by atoms with Gasteiger partial charge in [0.05, 0.1) is 17.3 Å². The Morgan fingerprint density at radius 1 is 1.27 bits per heavy atom. The highest BCUT2D eigenvalue weighted by molar-refractivity contribution is 7.92. The second kappa shape index (κ2) is 7.58. The number of anilines is 2. The number of benzene rings is 2. The number of aromatic nitrogens is 2. The van der Waals surface area contributed by atoms with Crippen molar-refractivity contribution in [2.45, 2.75) is 18.4 Å². The minimum Gasteiger partial charge on any atom is -0.482 e. The van der Waals surface area contributed by atoms with Crippen molar-refractivity contribution >= 4 is 38.9 Å². The number of carbonyl (C=O) groups excluding carboxylic acids is 1. The number of aryl methyl sites for hydroxylation is 1. The molecule has 1 N–H and O–H groups in total. The van der Waals surface area contributed by atoms with Crippen molar-refractivity contribution in [1.29, 1.82) is 0 Å². The number of fused-ring (bicyclic) bond motifs is 1. The summed E-state index contributed by atoms with van der Waals surface area (Å²) in [6.45, 7) is 1.33. The second-order valence-electron chi connectivity index (χ2n) is 6.36. The maximum atomic E-state index is 13.1. The maximum Gasteiger partial charge on any atom is 0.265 e. The van der Waals surface area contributed by atoms with E-state index in [1.165, 1.54) is 29.2 Å². The molecule has 1 aliphatic rings. The van der Waals surface area contributed by atoms with E-state index in [4.69, 9.17) is 20.9 Å². The molecule has 0 aliphatic carbocycles. The third kappa shape index (κ3) is 3.94. The van der Waals surface area contributed by atoms with Crippen LogP contribution in [-0.2, 0) is 21.4 Å². The van der Waals surface area contributed by atoms with Gasteiger partial charge in [-0.05, 0) is 30.3 Å². The van der Waals surface area contributed by atoms with Crippen LogP contribution in [0.15, 0.2) is 45.8 Å². The average molecular weight is 453 g/mol. The smallest absolute Gasteiger partial charge is 0.265 e. The number of nitrogens with zero attached hydrogens (tertiary/aromatic N) is 3. The number of rotatable bonds is 5. The van der Waals surface area contributed by atoms with Gasteiger partial charge in [0, 0.05) is 18.7 Å². The van der Waals surface area contributed by atoms with E-state index < -0.39 is 15.8 Å². The molecule has 4 rings (SSSR count). The normalized spacial score (nSPS) is 13.7. The van der Waals surface area contributed by atoms with Crippen LogP contribution < -0.4 is 14.4 Å². The van der Waals surface area contributed by atoms with Crippen molar-refractivity contribution in [3.63, 3.8) is 0 Å². The zero-order valence-electron chi connectivity index (χ0n) is 15.4. The molecule has 12 heteroatoms. The summed E-state index contributed by atoms with van der Waals surface area (Å²) in [6, 6.07) is 7.35. The molecule has 1 aliphatic heterocycles. The molecule has 0 saturated carbocycles. The number of hydrogen-bond donors (Lipinski definition) is 1. The number of sulfonamides is 1. The lowest BCUT2D eigenvalue weighted by Crippen LogP contribution is -2.38. The molecule has 9 nitrogen and oxygen atoms in total. The summed E-state index contributed by atoms with van der Waals surface area (Å²) in [7, 11) is -4.10. The highest BCUT2D eigenvalue weighted by Crippen LogP contribution is 2.39. The molecule has 30 heavy (non-hydrogen) atoms. The molecule has 2 heterocycles. The van der Waals surface area contributed by atoms with Gasteiger partial charge >= 0.3 is 0 Å². The molecule has 0 spiro atoms. The Bertz CT molecular complexity index is 1230. The SMILES string of the molecule is Cc1nc(CN2C(=O)COc3cc(S(=O)(=O)Nc4ccc(F)cc4)c(Cl)cc32)no1. The molecular formula is C18H14ClFN4O5S. The zero-order chi connectivity index (χ0) is 21.5. The lowest BCUT2D eigenvalue weighted by atomic mass is 10.2. The average Bonchev–Trinajstić information content (AvgIpc) is 3.10. The Morgan fingerprint density at radius 3 is 2.67 bits per heavy atom. The number of amides is 1. The van der Waals surface area contributed by atoms with Crippen LogP contribution in [0, 0.1) is 12.7 Å². The zero-order valence-corrected chi connectivity index (χ0v) is 17.0. The minimum absolute atomic E-state index is 0.00277. The van der Waals surface area contributed by atoms with Crippen molar-refractivity contribution in [2.24, 2.45) is 0 Å². The molecule has 1 aromatic heterocycles. The van der Waals surface area contributed by atoms with E-state index in [2.05, 4.69) is 14.9 Å². The quantitative estimate of drug-likeness (QED) is 0.632. The fraction of sp³-hybridized carbons (Fsp3) is 0.167. The molecule has 0 fully saturated rings. The number of nitrogens with one attached hydrogen (secondary N) is 1. The molecule has 2 aromatic carbocycles. The predicted octanol–water partition coefficient (Wildman–Crippen LogP) is 2.90. The first-order valence-corrected chi connectivity index (χ1v) is 10.4. The molecule has 3 aromatic rings. The molecule has 0 radical (unpaired) electrons. The van der Waals surface area contributed by atoms with Crippen molar-refractivity contribution in [1.82, 2.24) is 10.1 Å². The van der Waals surface area contributed by atoms with Gasteiger partial charge in [0.1, 0.15) is 16.5 Å². The highest BCUT2D eigenvalue weighted by atomic mass is 35.5. The number of carbonyl (C=O) groups is 1. The maximum absolute atomic E-state index is 13.1. The second-order valence-corrected chi connectivity index (χ2v) is 8.42. The first-order chi connectivity index (χ1) is 14.2. The van der Waals surface area contributed by atoms with Gasteiger partial charge in [-0.25, -0.2) is 12.8 Å². The van der Waals surface area contributed by atoms with E-state index in [1.807, 2.05) is 0 Å². The van der Waals surface area contributed by atoms with Crippen LogP contribution in [0.25, 0.3) is 0 Å². The topological polar surface area (TPSA) is 115 Å². The third-order valence-corrected chi connectivity index (χ3v) is 6.06. The van der Waals surface area contributed by atoms with Crippen LogP contribution in [0.3, 0.4) is 0 Å². The first-order valence-electron chi connectivity index (χ1n) is 8.57. The fourth-order valence-corrected chi connectivity index (χ4v) is 4.45. The van der Waals surface area contributed by atoms with Crippen molar-refractivity contribution < 1.29 is 26.9 Å². The predicted molar refractivity (Wildman–Crippen MR) is 104 cm³/mol. The highest BCUT2D eigenvalue weighted by Gasteiger charge is 2.30. The summed E-state index contributed by atoms with van der Waals surface area (Å²) in [6.07, 6.45) is 0. The third-order valence-electron chi connectivity index (χ3n) is 4.21. The van der Waals surface area contributed by atoms with Gasteiger partial charge in [-0.3, -0.25) is 14.4 Å². The van der Waals surface area contributed by atoms with E-state index in [1.54, 1.807) is 6.92 Å². The van der Waals surface area contributed by atoms with Crippen LogP contribution in [0.1, 0.15) is 11.7 Å². The lowest BCUT2D eigenvalue weighted by molar-refractivity contribution is -0.121. The summed E-state index contributed by atoms with van der Waals surface area (Å²) in [5, 5.41) is 3.63. The van der Waals surface area contributed by atoms with Gasteiger partial charge in [-0.2, -0.15) is 4.98 Å². The van der Waals surface area contributed by atoms with Crippen LogP contribution in [-0.4, -0.2) is 31.1 Å². The summed E-state index contributed by atoms with van der Waals surface area (Å²) in [5.74, 6) is -0.101. The summed E-state index contributed by atoms with van der Waals surface area (Å²) >= 11 is 6.23. The van der Waals surface area contributed by atoms with E-state index in [-0.39, 0.29) is 51.9 Å². The minimum atomic E-state index is -4.10. The Labute approximate surface area is 175 Å². The van der Waals surface area contributed by atoms with Gasteiger partial charge in [0.15, 0.2) is 12.4 Å². The molecule has 0 unspecified atom stereocenters. The Hall–Kier alpha value is -3.18. The van der Waals surface area contributed by atoms with Gasteiger partial charge in [-0.1, -0.05) is 16.8 Å². The van der Waals surface area contributed by atoms with Crippen LogP contribution in [0.5, 0.6) is 5.75 Å². The van der Waals surface area contributed by atoms with Crippen molar-refractivity contribution in [2.75, 3.05) is 16.2 Å². The van der Waals surface area contributed by atoms with Gasteiger partial charge < -0.3 is 9.26 Å². The summed E-state index contributed by atoms with van der Waals surface area (Å²) in [4.78, 5) is 17.5. The number of halogens is 2. The Kier molecular flexibility index (Phi) is 5.08. The molecule has 1 amide bonds. The Balaban J connectivity index is 1.68. The molecule has 156 valence electrons. The van der Waals surface area contributed by atoms with E-state index in [0.29, 0.717) is 5.89 Å². The Morgan fingerprint density at radius 2 is 2.00 bits per heavy atom.